The molecule has 2 aliphatic heterocycles. The number of aromatic nitrogens is 1. The lowest BCUT2D eigenvalue weighted by atomic mass is 9.96. The van der Waals surface area contributed by atoms with Crippen molar-refractivity contribution in [2.75, 3.05) is 18.1 Å². The van der Waals surface area contributed by atoms with E-state index in [1.807, 2.05) is 0 Å². The summed E-state index contributed by atoms with van der Waals surface area (Å²) in [5.41, 5.74) is 7.11. The van der Waals surface area contributed by atoms with Gasteiger partial charge in [-0.2, -0.15) is 0 Å². The Kier molecular flexibility index (Phi) is 6.30. The quantitative estimate of drug-likeness (QED) is 0.497. The second-order valence-corrected chi connectivity index (χ2v) is 9.78. The predicted octanol–water partition coefficient (Wildman–Crippen LogP) is 1.65. The highest BCUT2D eigenvalue weighted by Crippen LogP contribution is 2.36. The van der Waals surface area contributed by atoms with Crippen molar-refractivity contribution in [3.05, 3.63) is 95.6 Å². The van der Waals surface area contributed by atoms with Crippen LogP contribution in [0.15, 0.2) is 69.6 Å². The average molecular weight is 537 g/mol. The van der Waals surface area contributed by atoms with Crippen LogP contribution in [0.3, 0.4) is 0 Å². The Morgan fingerprint density at radius 3 is 2.54 bits per heavy atom. The third-order valence-electron chi connectivity index (χ3n) is 6.16. The monoisotopic (exact) mass is 536 g/mol. The molecule has 11 heteroatoms. The Morgan fingerprint density at radius 1 is 1.14 bits per heavy atom. The fraction of sp³-hybridized carbons (Fsp3) is 0.192. The van der Waals surface area contributed by atoms with Crippen LogP contribution in [0, 0.1) is 0 Å². The van der Waals surface area contributed by atoms with Crippen LogP contribution < -0.4 is 25.5 Å². The van der Waals surface area contributed by atoms with E-state index in [-0.39, 0.29) is 28.8 Å². The molecule has 0 aliphatic carbocycles. The molecule has 2 N–H and O–H groups in total. The third kappa shape index (κ3) is 3.98. The van der Waals surface area contributed by atoms with Crippen LogP contribution in [0.4, 0.5) is 5.69 Å². The standard InChI is InChI=1S/C26H21ClN4O5S/c1-3-36-25(35)19-13(2)29-26-31(21(19)14-8-4-6-10-16(14)27)24(34)22(37-26)20-15-9-5-7-11-17(15)30(23(20)33)12-18(28)32/h4-11,21H,3,12H2,1-2H3,(H2,28,32)/b22-20-. The Hall–Kier alpha value is -4.02. The molecule has 3 heterocycles. The van der Waals surface area contributed by atoms with Gasteiger partial charge in [0.25, 0.3) is 11.5 Å². The molecule has 37 heavy (non-hydrogen) atoms. The van der Waals surface area contributed by atoms with Crippen LogP contribution in [-0.2, 0) is 19.1 Å². The van der Waals surface area contributed by atoms with Gasteiger partial charge in [-0.3, -0.25) is 23.9 Å². The number of nitrogens with two attached hydrogens (primary N) is 1. The molecule has 9 nitrogen and oxygen atoms in total. The van der Waals surface area contributed by atoms with Gasteiger partial charge in [-0.25, -0.2) is 9.79 Å². The van der Waals surface area contributed by atoms with E-state index in [0.717, 1.165) is 11.3 Å². The molecule has 2 amide bonds. The van der Waals surface area contributed by atoms with Crippen molar-refractivity contribution in [3.8, 4) is 0 Å². The summed E-state index contributed by atoms with van der Waals surface area (Å²) < 4.78 is 6.81. The second kappa shape index (κ2) is 9.45. The van der Waals surface area contributed by atoms with Gasteiger partial charge in [0.15, 0.2) is 4.80 Å². The minimum atomic E-state index is -0.910. The highest BCUT2D eigenvalue weighted by atomic mass is 35.5. The molecule has 1 aromatic heterocycles. The minimum Gasteiger partial charge on any atom is -0.463 e. The molecule has 2 aliphatic rings. The number of para-hydroxylation sites is 1. The van der Waals surface area contributed by atoms with Gasteiger partial charge in [0, 0.05) is 10.6 Å². The lowest BCUT2D eigenvalue weighted by Gasteiger charge is -2.25. The van der Waals surface area contributed by atoms with Crippen LogP contribution in [0.25, 0.3) is 5.57 Å². The number of anilines is 1. The number of benzene rings is 2. The van der Waals surface area contributed by atoms with Gasteiger partial charge in [0.05, 0.1) is 29.1 Å². The third-order valence-corrected chi connectivity index (χ3v) is 7.55. The number of thiazole rings is 1. The van der Waals surface area contributed by atoms with E-state index in [4.69, 9.17) is 22.1 Å². The first-order valence-corrected chi connectivity index (χ1v) is 12.6. The number of carbonyl (C=O) groups is 3. The highest BCUT2D eigenvalue weighted by Gasteiger charge is 2.38. The number of nitrogens with zero attached hydrogens (tertiary/aromatic N) is 3. The smallest absolute Gasteiger partial charge is 0.338 e. The zero-order chi connectivity index (χ0) is 26.4. The number of hydrogen-bond donors (Lipinski definition) is 1. The van der Waals surface area contributed by atoms with E-state index < -0.39 is 29.4 Å². The first-order chi connectivity index (χ1) is 17.7. The lowest BCUT2D eigenvalue weighted by Crippen LogP contribution is -2.41. The normalized spacial score (nSPS) is 17.9. The van der Waals surface area contributed by atoms with E-state index in [2.05, 4.69) is 4.99 Å². The van der Waals surface area contributed by atoms with Crippen molar-refractivity contribution in [1.29, 1.82) is 0 Å². The number of primary amides is 1. The van der Waals surface area contributed by atoms with E-state index in [1.165, 1.54) is 9.47 Å². The molecular formula is C26H21ClN4O5S. The SMILES string of the molecule is CCOC(=O)C1=C(C)N=c2s/c(=C3\C(=O)N(CC(N)=O)c4ccccc43)c(=O)n2C1c1ccccc1Cl. The topological polar surface area (TPSA) is 124 Å². The van der Waals surface area contributed by atoms with E-state index in [9.17, 15) is 19.2 Å². The van der Waals surface area contributed by atoms with Crippen LogP contribution in [-0.4, -0.2) is 35.5 Å². The zero-order valence-electron chi connectivity index (χ0n) is 19.9. The van der Waals surface area contributed by atoms with Gasteiger partial charge in [-0.1, -0.05) is 59.3 Å². The molecule has 1 atom stereocenters. The van der Waals surface area contributed by atoms with Crippen molar-refractivity contribution in [2.45, 2.75) is 19.9 Å². The summed E-state index contributed by atoms with van der Waals surface area (Å²) in [5.74, 6) is -1.80. The maximum Gasteiger partial charge on any atom is 0.338 e. The van der Waals surface area contributed by atoms with Gasteiger partial charge >= 0.3 is 5.97 Å². The molecule has 3 aromatic rings. The Balaban J connectivity index is 1.83. The van der Waals surface area contributed by atoms with Crippen LogP contribution in [0.1, 0.15) is 31.0 Å². The molecule has 1 unspecified atom stereocenters. The number of ether oxygens (including phenoxy) is 1. The summed E-state index contributed by atoms with van der Waals surface area (Å²) in [6, 6.07) is 12.9. The summed E-state index contributed by atoms with van der Waals surface area (Å²) in [6.45, 7) is 3.17. The molecule has 0 fully saturated rings. The van der Waals surface area contributed by atoms with Crippen molar-refractivity contribution >= 4 is 52.0 Å². The second-order valence-electron chi connectivity index (χ2n) is 8.39. The van der Waals surface area contributed by atoms with Gasteiger partial charge in [-0.15, -0.1) is 0 Å². The van der Waals surface area contributed by atoms with Crippen LogP contribution in [0.5, 0.6) is 0 Å². The Morgan fingerprint density at radius 2 is 1.84 bits per heavy atom. The predicted molar refractivity (Wildman–Crippen MR) is 139 cm³/mol. The molecule has 0 radical (unpaired) electrons. The fourth-order valence-corrected chi connectivity index (χ4v) is 6.02. The minimum absolute atomic E-state index is 0.137. The molecule has 0 spiro atoms. The van der Waals surface area contributed by atoms with Crippen molar-refractivity contribution in [3.63, 3.8) is 0 Å². The van der Waals surface area contributed by atoms with E-state index in [1.54, 1.807) is 62.4 Å². The van der Waals surface area contributed by atoms with Crippen LogP contribution >= 0.6 is 22.9 Å². The van der Waals surface area contributed by atoms with Gasteiger partial charge in [-0.05, 0) is 31.5 Å². The maximum absolute atomic E-state index is 14.0. The molecule has 5 rings (SSSR count). The highest BCUT2D eigenvalue weighted by molar-refractivity contribution is 7.07. The number of amides is 2. The average Bonchev–Trinajstić information content (AvgIpc) is 3.31. The van der Waals surface area contributed by atoms with Gasteiger partial charge in [0.2, 0.25) is 5.91 Å². The molecule has 0 saturated carbocycles. The Bertz CT molecular complexity index is 1700. The van der Waals surface area contributed by atoms with Crippen LogP contribution in [0.2, 0.25) is 5.02 Å². The largest absolute Gasteiger partial charge is 0.463 e. The summed E-state index contributed by atoms with van der Waals surface area (Å²) in [4.78, 5) is 58.3. The number of allylic oxidation sites excluding steroid dienone is 1. The number of esters is 1. The number of carbonyl (C=O) groups excluding carboxylic acids is 3. The van der Waals surface area contributed by atoms with Crippen molar-refractivity contribution < 1.29 is 19.1 Å². The van der Waals surface area contributed by atoms with Gasteiger partial charge in [0.1, 0.15) is 17.1 Å². The molecule has 188 valence electrons. The first-order valence-electron chi connectivity index (χ1n) is 11.4. The lowest BCUT2D eigenvalue weighted by molar-refractivity contribution is -0.139. The first kappa shape index (κ1) is 24.7. The number of halogens is 1. The fourth-order valence-electron chi connectivity index (χ4n) is 4.65. The van der Waals surface area contributed by atoms with E-state index in [0.29, 0.717) is 32.3 Å². The number of fused-ring (bicyclic) bond motifs is 2. The summed E-state index contributed by atoms with van der Waals surface area (Å²) in [5, 5.41) is 0.358. The summed E-state index contributed by atoms with van der Waals surface area (Å²) >= 11 is 7.57. The zero-order valence-corrected chi connectivity index (χ0v) is 21.4. The molecule has 0 saturated heterocycles. The molecule has 0 bridgehead atoms. The van der Waals surface area contributed by atoms with Crippen molar-refractivity contribution in [1.82, 2.24) is 4.57 Å². The summed E-state index contributed by atoms with van der Waals surface area (Å²) in [7, 11) is 0. The van der Waals surface area contributed by atoms with Crippen molar-refractivity contribution in [2.24, 2.45) is 10.7 Å². The molecular weight excluding hydrogens is 516 g/mol. The van der Waals surface area contributed by atoms with E-state index >= 15 is 0 Å². The number of hydrogen-bond acceptors (Lipinski definition) is 7. The summed E-state index contributed by atoms with van der Waals surface area (Å²) in [6.07, 6.45) is 0. The number of rotatable bonds is 5. The van der Waals surface area contributed by atoms with Gasteiger partial charge < -0.3 is 10.5 Å². The Labute approximate surface area is 219 Å². The maximum atomic E-state index is 14.0. The molecule has 2 aromatic carbocycles.